The highest BCUT2D eigenvalue weighted by Gasteiger charge is 2.36. The van der Waals surface area contributed by atoms with E-state index in [9.17, 15) is 5.26 Å². The van der Waals surface area contributed by atoms with Gasteiger partial charge in [-0.25, -0.2) is 0 Å². The lowest BCUT2D eigenvalue weighted by Crippen LogP contribution is -2.49. The minimum Gasteiger partial charge on any atom is -0.379 e. The van der Waals surface area contributed by atoms with Crippen molar-refractivity contribution in [3.8, 4) is 6.07 Å². The highest BCUT2D eigenvalue weighted by molar-refractivity contribution is 5.10. The van der Waals surface area contributed by atoms with Crippen molar-refractivity contribution in [1.82, 2.24) is 5.32 Å². The van der Waals surface area contributed by atoms with Crippen molar-refractivity contribution in [2.45, 2.75) is 64.5 Å². The normalized spacial score (nSPS) is 26.6. The van der Waals surface area contributed by atoms with Gasteiger partial charge in [0.2, 0.25) is 0 Å². The summed E-state index contributed by atoms with van der Waals surface area (Å²) in [6.07, 6.45) is 5.10. The van der Waals surface area contributed by atoms with E-state index >= 15 is 0 Å². The maximum Gasteiger partial charge on any atom is 0.109 e. The average Bonchev–Trinajstić information content (AvgIpc) is 2.45. The zero-order valence-corrected chi connectivity index (χ0v) is 13.3. The zero-order chi connectivity index (χ0) is 14.8. The van der Waals surface area contributed by atoms with Crippen molar-refractivity contribution in [3.63, 3.8) is 0 Å². The highest BCUT2D eigenvalue weighted by atomic mass is 16.5. The van der Waals surface area contributed by atoms with E-state index in [1.54, 1.807) is 0 Å². The number of nitrogens with one attached hydrogen (secondary N) is 1. The van der Waals surface area contributed by atoms with Crippen LogP contribution >= 0.6 is 0 Å². The van der Waals surface area contributed by atoms with Crippen LogP contribution in [0.1, 0.15) is 52.9 Å². The summed E-state index contributed by atoms with van der Waals surface area (Å²) in [6.45, 7) is 9.38. The standard InChI is InChI=1S/C16H30N2O2/c1-4-8-18-16(13-17)7-5-6-15(11-16)20-10-9-19-12-14(2)3/h14-15,18H,4-12H2,1-3H3. The zero-order valence-electron chi connectivity index (χ0n) is 13.3. The Morgan fingerprint density at radius 3 is 2.85 bits per heavy atom. The molecule has 4 heteroatoms. The molecule has 0 aromatic heterocycles. The van der Waals surface area contributed by atoms with Crippen LogP contribution in [-0.2, 0) is 9.47 Å². The summed E-state index contributed by atoms with van der Waals surface area (Å²) in [5.74, 6) is 0.564. The van der Waals surface area contributed by atoms with Gasteiger partial charge in [-0.1, -0.05) is 20.8 Å². The van der Waals surface area contributed by atoms with Crippen LogP contribution in [0.2, 0.25) is 0 Å². The molecule has 0 bridgehead atoms. The molecule has 0 amide bonds. The Morgan fingerprint density at radius 1 is 1.40 bits per heavy atom. The highest BCUT2D eigenvalue weighted by Crippen LogP contribution is 2.29. The number of nitriles is 1. The second kappa shape index (κ2) is 9.33. The second-order valence-electron chi connectivity index (χ2n) is 6.18. The summed E-state index contributed by atoms with van der Waals surface area (Å²) in [4.78, 5) is 0. The molecule has 0 radical (unpaired) electrons. The van der Waals surface area contributed by atoms with Gasteiger partial charge in [0, 0.05) is 13.0 Å². The first-order chi connectivity index (χ1) is 9.62. The molecule has 1 fully saturated rings. The Morgan fingerprint density at radius 2 is 2.20 bits per heavy atom. The fourth-order valence-electron chi connectivity index (χ4n) is 2.63. The van der Waals surface area contributed by atoms with E-state index < -0.39 is 0 Å². The molecule has 1 aliphatic carbocycles. The van der Waals surface area contributed by atoms with Gasteiger partial charge in [0.1, 0.15) is 5.54 Å². The predicted octanol–water partition coefficient (Wildman–Crippen LogP) is 2.88. The molecule has 4 nitrogen and oxygen atoms in total. The van der Waals surface area contributed by atoms with Gasteiger partial charge in [-0.15, -0.1) is 0 Å². The van der Waals surface area contributed by atoms with Gasteiger partial charge in [-0.3, -0.25) is 5.32 Å². The number of ether oxygens (including phenoxy) is 2. The van der Waals surface area contributed by atoms with Gasteiger partial charge in [0.25, 0.3) is 0 Å². The molecule has 1 aliphatic rings. The van der Waals surface area contributed by atoms with Gasteiger partial charge in [-0.05, 0) is 38.1 Å². The largest absolute Gasteiger partial charge is 0.379 e. The van der Waals surface area contributed by atoms with Crippen LogP contribution in [0, 0.1) is 17.2 Å². The van der Waals surface area contributed by atoms with E-state index in [1.807, 2.05) is 0 Å². The minimum atomic E-state index is -0.377. The first-order valence-electron chi connectivity index (χ1n) is 7.97. The molecule has 1 N–H and O–H groups in total. The number of hydrogen-bond donors (Lipinski definition) is 1. The molecule has 0 saturated heterocycles. The average molecular weight is 282 g/mol. The molecular weight excluding hydrogens is 252 g/mol. The molecule has 2 atom stereocenters. The van der Waals surface area contributed by atoms with Crippen LogP contribution in [0.25, 0.3) is 0 Å². The fourth-order valence-corrected chi connectivity index (χ4v) is 2.63. The third-order valence-electron chi connectivity index (χ3n) is 3.67. The Balaban J connectivity index is 2.27. The monoisotopic (exact) mass is 282 g/mol. The smallest absolute Gasteiger partial charge is 0.109 e. The molecule has 0 aliphatic heterocycles. The molecule has 116 valence electrons. The third kappa shape index (κ3) is 6.21. The maximum atomic E-state index is 9.46. The van der Waals surface area contributed by atoms with E-state index in [-0.39, 0.29) is 11.6 Å². The van der Waals surface area contributed by atoms with Gasteiger partial charge in [-0.2, -0.15) is 5.26 Å². The van der Waals surface area contributed by atoms with Gasteiger partial charge >= 0.3 is 0 Å². The van der Waals surface area contributed by atoms with Gasteiger partial charge < -0.3 is 9.47 Å². The summed E-state index contributed by atoms with van der Waals surface area (Å²) in [5, 5.41) is 12.9. The number of hydrogen-bond acceptors (Lipinski definition) is 4. The quantitative estimate of drug-likeness (QED) is 0.661. The summed E-state index contributed by atoms with van der Waals surface area (Å²) in [5.41, 5.74) is -0.377. The van der Waals surface area contributed by atoms with Crippen LogP contribution in [-0.4, -0.2) is 38.0 Å². The van der Waals surface area contributed by atoms with Crippen molar-refractivity contribution in [2.75, 3.05) is 26.4 Å². The van der Waals surface area contributed by atoms with Gasteiger partial charge in [0.15, 0.2) is 0 Å². The predicted molar refractivity (Wildman–Crippen MR) is 80.5 cm³/mol. The van der Waals surface area contributed by atoms with Gasteiger partial charge in [0.05, 0.1) is 25.4 Å². The van der Waals surface area contributed by atoms with Crippen molar-refractivity contribution in [3.05, 3.63) is 0 Å². The van der Waals surface area contributed by atoms with E-state index in [0.717, 1.165) is 45.3 Å². The Labute approximate surface area is 123 Å². The molecule has 2 unspecified atom stereocenters. The van der Waals surface area contributed by atoms with Crippen LogP contribution in [0.4, 0.5) is 0 Å². The Kier molecular flexibility index (Phi) is 8.13. The van der Waals surface area contributed by atoms with Crippen molar-refractivity contribution in [1.29, 1.82) is 5.26 Å². The first-order valence-corrected chi connectivity index (χ1v) is 7.97. The lowest BCUT2D eigenvalue weighted by molar-refractivity contribution is -0.0254. The van der Waals surface area contributed by atoms with Crippen molar-refractivity contribution >= 4 is 0 Å². The Hall–Kier alpha value is -0.630. The maximum absolute atomic E-state index is 9.46. The topological polar surface area (TPSA) is 54.3 Å². The van der Waals surface area contributed by atoms with Crippen LogP contribution in [0.15, 0.2) is 0 Å². The lowest BCUT2D eigenvalue weighted by atomic mass is 9.81. The van der Waals surface area contributed by atoms with E-state index in [1.165, 1.54) is 0 Å². The molecule has 1 rings (SSSR count). The second-order valence-corrected chi connectivity index (χ2v) is 6.18. The van der Waals surface area contributed by atoms with E-state index in [4.69, 9.17) is 9.47 Å². The SMILES string of the molecule is CCCNC1(C#N)CCCC(OCCOCC(C)C)C1. The molecular formula is C16H30N2O2. The molecule has 1 saturated carbocycles. The summed E-state index contributed by atoms with van der Waals surface area (Å²) < 4.78 is 11.4. The minimum absolute atomic E-state index is 0.190. The van der Waals surface area contributed by atoms with E-state index in [2.05, 4.69) is 32.2 Å². The molecule has 0 aromatic rings. The van der Waals surface area contributed by atoms with Crippen LogP contribution in [0.3, 0.4) is 0 Å². The van der Waals surface area contributed by atoms with Crippen LogP contribution < -0.4 is 5.32 Å². The molecule has 0 heterocycles. The summed E-state index contributed by atoms with van der Waals surface area (Å²) in [6, 6.07) is 2.48. The molecule has 20 heavy (non-hydrogen) atoms. The first kappa shape index (κ1) is 17.4. The summed E-state index contributed by atoms with van der Waals surface area (Å²) in [7, 11) is 0. The number of nitrogens with zero attached hydrogens (tertiary/aromatic N) is 1. The van der Waals surface area contributed by atoms with Crippen molar-refractivity contribution in [2.24, 2.45) is 5.92 Å². The van der Waals surface area contributed by atoms with Crippen molar-refractivity contribution < 1.29 is 9.47 Å². The molecule has 0 aromatic carbocycles. The molecule has 0 spiro atoms. The van der Waals surface area contributed by atoms with Crippen LogP contribution in [0.5, 0.6) is 0 Å². The third-order valence-corrected chi connectivity index (χ3v) is 3.67. The van der Waals surface area contributed by atoms with E-state index in [0.29, 0.717) is 19.1 Å². The fraction of sp³-hybridized carbons (Fsp3) is 0.938. The number of rotatable bonds is 9. The summed E-state index contributed by atoms with van der Waals surface area (Å²) >= 11 is 0. The Bertz CT molecular complexity index is 301. The lowest BCUT2D eigenvalue weighted by Gasteiger charge is -2.36.